The molecule has 1 saturated carbocycles. The van der Waals surface area contributed by atoms with Gasteiger partial charge in [-0.2, -0.15) is 0 Å². The van der Waals surface area contributed by atoms with E-state index in [0.717, 1.165) is 17.4 Å². The molecule has 0 heterocycles. The van der Waals surface area contributed by atoms with Gasteiger partial charge >= 0.3 is 0 Å². The first-order chi connectivity index (χ1) is 6.79. The summed E-state index contributed by atoms with van der Waals surface area (Å²) in [6.07, 6.45) is 3.81. The summed E-state index contributed by atoms with van der Waals surface area (Å²) in [5.41, 5.74) is 4.05. The van der Waals surface area contributed by atoms with Crippen molar-refractivity contribution in [3.05, 3.63) is 34.9 Å². The highest BCUT2D eigenvalue weighted by Crippen LogP contribution is 2.37. The molecule has 0 bridgehead atoms. The van der Waals surface area contributed by atoms with Gasteiger partial charge in [-0.3, -0.25) is 11.3 Å². The van der Waals surface area contributed by atoms with Crippen LogP contribution in [-0.2, 0) is 0 Å². The predicted molar refractivity (Wildman–Crippen MR) is 58.9 cm³/mol. The topological polar surface area (TPSA) is 38.0 Å². The second-order valence-corrected chi connectivity index (χ2v) is 4.39. The third-order valence-corrected chi connectivity index (χ3v) is 2.95. The van der Waals surface area contributed by atoms with Crippen LogP contribution in [0.25, 0.3) is 0 Å². The molecule has 0 spiro atoms. The van der Waals surface area contributed by atoms with Gasteiger partial charge in [-0.15, -0.1) is 0 Å². The lowest BCUT2D eigenvalue weighted by Gasteiger charge is -2.15. The van der Waals surface area contributed by atoms with Gasteiger partial charge in [0.2, 0.25) is 0 Å². The normalized spacial score (nSPS) is 18.1. The Kier molecular flexibility index (Phi) is 3.06. The smallest absolute Gasteiger partial charge is 0.0463 e. The van der Waals surface area contributed by atoms with Crippen molar-refractivity contribution in [1.82, 2.24) is 5.43 Å². The minimum Gasteiger partial charge on any atom is -0.271 e. The Labute approximate surface area is 89.4 Å². The minimum absolute atomic E-state index is 0.251. The van der Waals surface area contributed by atoms with Crippen molar-refractivity contribution in [2.75, 3.05) is 0 Å². The van der Waals surface area contributed by atoms with Crippen LogP contribution in [0.5, 0.6) is 0 Å². The molecule has 0 aromatic heterocycles. The molecule has 1 atom stereocenters. The molecule has 3 N–H and O–H groups in total. The first-order valence-corrected chi connectivity index (χ1v) is 5.39. The molecular formula is C11H15ClN2. The largest absolute Gasteiger partial charge is 0.271 e. The molecule has 1 aliphatic carbocycles. The first-order valence-electron chi connectivity index (χ1n) is 5.01. The minimum atomic E-state index is 0.251. The fraction of sp³-hybridized carbons (Fsp3) is 0.455. The molecule has 1 aromatic rings. The van der Waals surface area contributed by atoms with Crippen molar-refractivity contribution in [3.8, 4) is 0 Å². The summed E-state index contributed by atoms with van der Waals surface area (Å²) in [6, 6.07) is 8.15. The summed E-state index contributed by atoms with van der Waals surface area (Å²) in [5, 5.41) is 0.776. The summed E-state index contributed by atoms with van der Waals surface area (Å²) in [6.45, 7) is 0. The summed E-state index contributed by atoms with van der Waals surface area (Å²) in [5.74, 6) is 6.39. The summed E-state index contributed by atoms with van der Waals surface area (Å²) in [4.78, 5) is 0. The summed E-state index contributed by atoms with van der Waals surface area (Å²) < 4.78 is 0. The second kappa shape index (κ2) is 4.30. The van der Waals surface area contributed by atoms with Crippen LogP contribution >= 0.6 is 11.6 Å². The highest BCUT2D eigenvalue weighted by Gasteiger charge is 2.25. The number of nitrogens with two attached hydrogens (primary N) is 1. The van der Waals surface area contributed by atoms with Gasteiger partial charge < -0.3 is 0 Å². The number of rotatable bonds is 4. The van der Waals surface area contributed by atoms with Gasteiger partial charge in [-0.1, -0.05) is 36.6 Å². The molecule has 1 fully saturated rings. The van der Waals surface area contributed by atoms with Crippen molar-refractivity contribution >= 4 is 11.6 Å². The molecule has 3 heteroatoms. The van der Waals surface area contributed by atoms with Crippen LogP contribution in [0.15, 0.2) is 24.3 Å². The zero-order chi connectivity index (χ0) is 9.97. The zero-order valence-electron chi connectivity index (χ0n) is 8.04. The Morgan fingerprint density at radius 2 is 2.29 bits per heavy atom. The third kappa shape index (κ3) is 2.47. The van der Waals surface area contributed by atoms with Gasteiger partial charge in [-0.25, -0.2) is 0 Å². The lowest BCUT2D eigenvalue weighted by atomic mass is 10.0. The molecule has 0 aliphatic heterocycles. The van der Waals surface area contributed by atoms with E-state index in [9.17, 15) is 0 Å². The molecule has 14 heavy (non-hydrogen) atoms. The molecule has 2 rings (SSSR count). The number of hydrazine groups is 1. The van der Waals surface area contributed by atoms with Crippen LogP contribution in [0.4, 0.5) is 0 Å². The molecule has 2 nitrogen and oxygen atoms in total. The molecule has 0 amide bonds. The van der Waals surface area contributed by atoms with Crippen LogP contribution in [-0.4, -0.2) is 0 Å². The van der Waals surface area contributed by atoms with Gasteiger partial charge in [0.1, 0.15) is 0 Å². The van der Waals surface area contributed by atoms with Crippen molar-refractivity contribution in [3.63, 3.8) is 0 Å². The van der Waals surface area contributed by atoms with E-state index < -0.39 is 0 Å². The van der Waals surface area contributed by atoms with Crippen LogP contribution in [0.1, 0.15) is 30.9 Å². The van der Waals surface area contributed by atoms with Crippen LogP contribution in [0.3, 0.4) is 0 Å². The average Bonchev–Trinajstić information content (AvgIpc) is 2.98. The van der Waals surface area contributed by atoms with E-state index in [4.69, 9.17) is 17.4 Å². The van der Waals surface area contributed by atoms with Crippen LogP contribution in [0, 0.1) is 5.92 Å². The fourth-order valence-corrected chi connectivity index (χ4v) is 1.91. The molecule has 0 saturated heterocycles. The predicted octanol–water partition coefficient (Wildman–Crippen LogP) is 2.64. The van der Waals surface area contributed by atoms with Gasteiger partial charge in [-0.05, 0) is 30.0 Å². The van der Waals surface area contributed by atoms with E-state index in [1.165, 1.54) is 18.4 Å². The number of benzene rings is 1. The highest BCUT2D eigenvalue weighted by atomic mass is 35.5. The zero-order valence-corrected chi connectivity index (χ0v) is 8.80. The van der Waals surface area contributed by atoms with Crippen LogP contribution in [0.2, 0.25) is 5.02 Å². The van der Waals surface area contributed by atoms with Gasteiger partial charge in [0.25, 0.3) is 0 Å². The molecule has 1 aliphatic rings. The SMILES string of the molecule is NNC(CC1CC1)c1cccc(Cl)c1. The first kappa shape index (κ1) is 9.97. The number of hydrogen-bond acceptors (Lipinski definition) is 2. The Bertz CT molecular complexity index is 310. The van der Waals surface area contributed by atoms with Crippen molar-refractivity contribution in [2.24, 2.45) is 11.8 Å². The lowest BCUT2D eigenvalue weighted by Crippen LogP contribution is -2.28. The second-order valence-electron chi connectivity index (χ2n) is 3.95. The van der Waals surface area contributed by atoms with Gasteiger partial charge in [0, 0.05) is 11.1 Å². The van der Waals surface area contributed by atoms with Crippen molar-refractivity contribution in [1.29, 1.82) is 0 Å². The monoisotopic (exact) mass is 210 g/mol. The maximum absolute atomic E-state index is 5.93. The van der Waals surface area contributed by atoms with Gasteiger partial charge in [0.05, 0.1) is 0 Å². The Morgan fingerprint density at radius 3 is 2.86 bits per heavy atom. The summed E-state index contributed by atoms with van der Waals surface area (Å²) >= 11 is 5.93. The van der Waals surface area contributed by atoms with E-state index in [1.54, 1.807) is 0 Å². The average molecular weight is 211 g/mol. The number of halogens is 1. The molecule has 1 aromatic carbocycles. The third-order valence-electron chi connectivity index (χ3n) is 2.72. The maximum Gasteiger partial charge on any atom is 0.0463 e. The quantitative estimate of drug-likeness (QED) is 0.592. The van der Waals surface area contributed by atoms with Crippen molar-refractivity contribution < 1.29 is 0 Å². The van der Waals surface area contributed by atoms with E-state index in [-0.39, 0.29) is 6.04 Å². The van der Waals surface area contributed by atoms with Crippen LogP contribution < -0.4 is 11.3 Å². The van der Waals surface area contributed by atoms with Crippen molar-refractivity contribution in [2.45, 2.75) is 25.3 Å². The Hall–Kier alpha value is -0.570. The van der Waals surface area contributed by atoms with E-state index >= 15 is 0 Å². The Balaban J connectivity index is 2.08. The molecule has 0 radical (unpaired) electrons. The van der Waals surface area contributed by atoms with Gasteiger partial charge in [0.15, 0.2) is 0 Å². The molecule has 76 valence electrons. The molecular weight excluding hydrogens is 196 g/mol. The summed E-state index contributed by atoms with van der Waals surface area (Å²) in [7, 11) is 0. The fourth-order valence-electron chi connectivity index (χ4n) is 1.71. The lowest BCUT2D eigenvalue weighted by molar-refractivity contribution is 0.487. The Morgan fingerprint density at radius 1 is 1.50 bits per heavy atom. The highest BCUT2D eigenvalue weighted by molar-refractivity contribution is 6.30. The number of hydrogen-bond donors (Lipinski definition) is 2. The van der Waals surface area contributed by atoms with E-state index in [1.807, 2.05) is 18.2 Å². The molecule has 1 unspecified atom stereocenters. The van der Waals surface area contributed by atoms with E-state index in [2.05, 4.69) is 11.5 Å². The standard InChI is InChI=1S/C11H15ClN2/c12-10-3-1-2-9(7-10)11(14-13)6-8-4-5-8/h1-3,7-8,11,14H,4-6,13H2. The number of nitrogens with one attached hydrogen (secondary N) is 1. The maximum atomic E-state index is 5.93. The van der Waals surface area contributed by atoms with E-state index in [0.29, 0.717) is 0 Å².